The van der Waals surface area contributed by atoms with E-state index in [2.05, 4.69) is 25.4 Å². The van der Waals surface area contributed by atoms with Gasteiger partial charge in [0, 0.05) is 25.5 Å². The standard InChI is InChI=1S/C17H14N6O/c1-23-14(16-19-12-6-2-3-7-13(12)20-16)9-15(22-23)21-17(24)11-5-4-8-18-10-11/h2-10H,1H3,(H,19,20)(H,21,22,24). The largest absolute Gasteiger partial charge is 0.337 e. The summed E-state index contributed by atoms with van der Waals surface area (Å²) in [4.78, 5) is 23.9. The first-order valence-corrected chi connectivity index (χ1v) is 7.41. The molecule has 0 saturated heterocycles. The summed E-state index contributed by atoms with van der Waals surface area (Å²) in [6, 6.07) is 13.0. The number of carbonyl (C=O) groups excluding carboxylic acids is 1. The molecule has 7 heteroatoms. The van der Waals surface area contributed by atoms with Crippen LogP contribution in [-0.2, 0) is 7.05 Å². The minimum atomic E-state index is -0.252. The van der Waals surface area contributed by atoms with Gasteiger partial charge in [0.2, 0.25) is 0 Å². The molecule has 4 aromatic rings. The van der Waals surface area contributed by atoms with Crippen LogP contribution < -0.4 is 5.32 Å². The van der Waals surface area contributed by atoms with Crippen LogP contribution in [0.3, 0.4) is 0 Å². The van der Waals surface area contributed by atoms with Gasteiger partial charge in [0.15, 0.2) is 11.6 Å². The highest BCUT2D eigenvalue weighted by atomic mass is 16.1. The lowest BCUT2D eigenvalue weighted by Gasteiger charge is -2.00. The summed E-state index contributed by atoms with van der Waals surface area (Å²) in [6.45, 7) is 0. The molecule has 0 aliphatic carbocycles. The first-order valence-electron chi connectivity index (χ1n) is 7.41. The lowest BCUT2D eigenvalue weighted by atomic mass is 10.3. The van der Waals surface area contributed by atoms with Gasteiger partial charge in [-0.05, 0) is 24.3 Å². The van der Waals surface area contributed by atoms with E-state index in [1.54, 1.807) is 29.1 Å². The van der Waals surface area contributed by atoms with Gasteiger partial charge in [-0.3, -0.25) is 14.5 Å². The molecule has 0 aliphatic rings. The average molecular weight is 318 g/mol. The number of fused-ring (bicyclic) bond motifs is 1. The van der Waals surface area contributed by atoms with Gasteiger partial charge < -0.3 is 10.3 Å². The molecule has 0 saturated carbocycles. The molecule has 7 nitrogen and oxygen atoms in total. The van der Waals surface area contributed by atoms with Crippen LogP contribution in [0.15, 0.2) is 54.9 Å². The second-order valence-corrected chi connectivity index (χ2v) is 5.34. The molecule has 0 fully saturated rings. The van der Waals surface area contributed by atoms with Crippen LogP contribution in [0, 0.1) is 0 Å². The molecule has 0 radical (unpaired) electrons. The van der Waals surface area contributed by atoms with Crippen molar-refractivity contribution in [1.82, 2.24) is 24.7 Å². The lowest BCUT2D eigenvalue weighted by molar-refractivity contribution is 0.102. The van der Waals surface area contributed by atoms with Crippen molar-refractivity contribution < 1.29 is 4.79 Å². The summed E-state index contributed by atoms with van der Waals surface area (Å²) in [6.07, 6.45) is 3.13. The van der Waals surface area contributed by atoms with Crippen molar-refractivity contribution in [2.45, 2.75) is 0 Å². The number of aromatic nitrogens is 5. The quantitative estimate of drug-likeness (QED) is 0.608. The van der Waals surface area contributed by atoms with E-state index < -0.39 is 0 Å². The fraction of sp³-hybridized carbons (Fsp3) is 0.0588. The SMILES string of the molecule is Cn1nc(NC(=O)c2cccnc2)cc1-c1nc2ccccc2[nH]1. The van der Waals surface area contributed by atoms with Crippen molar-refractivity contribution in [2.75, 3.05) is 5.32 Å². The molecule has 0 atom stereocenters. The molecule has 1 aromatic carbocycles. The number of pyridine rings is 1. The first kappa shape index (κ1) is 14.1. The fourth-order valence-corrected chi connectivity index (χ4v) is 2.51. The Morgan fingerprint density at radius 1 is 1.21 bits per heavy atom. The lowest BCUT2D eigenvalue weighted by Crippen LogP contribution is -2.12. The Kier molecular flexibility index (Phi) is 3.31. The average Bonchev–Trinajstić information content (AvgIpc) is 3.18. The van der Waals surface area contributed by atoms with Gasteiger partial charge in [0.05, 0.1) is 16.6 Å². The number of para-hydroxylation sites is 2. The van der Waals surface area contributed by atoms with Gasteiger partial charge in [-0.25, -0.2) is 4.98 Å². The third kappa shape index (κ3) is 2.52. The highest BCUT2D eigenvalue weighted by Crippen LogP contribution is 2.22. The number of benzene rings is 1. The molecular formula is C17H14N6O. The van der Waals surface area contributed by atoms with Crippen molar-refractivity contribution >= 4 is 22.8 Å². The zero-order valence-corrected chi connectivity index (χ0v) is 12.9. The molecule has 0 bridgehead atoms. The molecule has 0 spiro atoms. The molecule has 118 valence electrons. The smallest absolute Gasteiger partial charge is 0.258 e. The Hall–Kier alpha value is -3.48. The summed E-state index contributed by atoms with van der Waals surface area (Å²) < 4.78 is 1.68. The van der Waals surface area contributed by atoms with E-state index in [0.717, 1.165) is 16.7 Å². The van der Waals surface area contributed by atoms with E-state index in [9.17, 15) is 4.79 Å². The Labute approximate surface area is 137 Å². The number of hydrogen-bond donors (Lipinski definition) is 2. The number of imidazole rings is 1. The maximum atomic E-state index is 12.2. The number of rotatable bonds is 3. The summed E-state index contributed by atoms with van der Waals surface area (Å²) in [7, 11) is 1.81. The van der Waals surface area contributed by atoms with Crippen LogP contribution >= 0.6 is 0 Å². The van der Waals surface area contributed by atoms with Crippen molar-refractivity contribution in [3.05, 3.63) is 60.4 Å². The molecular weight excluding hydrogens is 304 g/mol. The van der Waals surface area contributed by atoms with Gasteiger partial charge in [-0.2, -0.15) is 5.10 Å². The second-order valence-electron chi connectivity index (χ2n) is 5.34. The normalized spacial score (nSPS) is 10.9. The zero-order chi connectivity index (χ0) is 16.5. The van der Waals surface area contributed by atoms with Gasteiger partial charge in [0.1, 0.15) is 5.69 Å². The van der Waals surface area contributed by atoms with E-state index in [0.29, 0.717) is 17.2 Å². The molecule has 24 heavy (non-hydrogen) atoms. The molecule has 4 rings (SSSR count). The number of amides is 1. The van der Waals surface area contributed by atoms with Crippen molar-refractivity contribution in [2.24, 2.45) is 7.05 Å². The van der Waals surface area contributed by atoms with Gasteiger partial charge in [-0.15, -0.1) is 0 Å². The van der Waals surface area contributed by atoms with Crippen molar-refractivity contribution in [3.63, 3.8) is 0 Å². The molecule has 0 aliphatic heterocycles. The molecule has 0 unspecified atom stereocenters. The summed E-state index contributed by atoms with van der Waals surface area (Å²) >= 11 is 0. The summed E-state index contributed by atoms with van der Waals surface area (Å²) in [5.41, 5.74) is 3.10. The van der Waals surface area contributed by atoms with Crippen molar-refractivity contribution in [1.29, 1.82) is 0 Å². The third-order valence-electron chi connectivity index (χ3n) is 3.68. The number of aromatic amines is 1. The van der Waals surface area contributed by atoms with Crippen LogP contribution in [0.5, 0.6) is 0 Å². The first-order chi connectivity index (χ1) is 11.7. The predicted molar refractivity (Wildman–Crippen MR) is 90.5 cm³/mol. The van der Waals surface area contributed by atoms with E-state index in [-0.39, 0.29) is 5.91 Å². The minimum absolute atomic E-state index is 0.252. The minimum Gasteiger partial charge on any atom is -0.337 e. The van der Waals surface area contributed by atoms with Crippen molar-refractivity contribution in [3.8, 4) is 11.5 Å². The summed E-state index contributed by atoms with van der Waals surface area (Å²) in [5, 5.41) is 7.10. The molecule has 2 N–H and O–H groups in total. The summed E-state index contributed by atoms with van der Waals surface area (Å²) in [5.74, 6) is 0.909. The second kappa shape index (κ2) is 5.62. The number of anilines is 1. The fourth-order valence-electron chi connectivity index (χ4n) is 2.51. The number of nitrogens with zero attached hydrogens (tertiary/aromatic N) is 4. The van der Waals surface area contributed by atoms with E-state index in [1.807, 2.05) is 31.3 Å². The highest BCUT2D eigenvalue weighted by molar-refractivity contribution is 6.03. The molecule has 1 amide bonds. The van der Waals surface area contributed by atoms with E-state index in [1.165, 1.54) is 6.20 Å². The third-order valence-corrected chi connectivity index (χ3v) is 3.68. The number of carbonyl (C=O) groups is 1. The van der Waals surface area contributed by atoms with Crippen LogP contribution in [-0.4, -0.2) is 30.6 Å². The number of hydrogen-bond acceptors (Lipinski definition) is 4. The van der Waals surface area contributed by atoms with Gasteiger partial charge in [0.25, 0.3) is 5.91 Å². The topological polar surface area (TPSA) is 88.5 Å². The number of nitrogens with one attached hydrogen (secondary N) is 2. The number of aryl methyl sites for hydroxylation is 1. The molecule has 3 heterocycles. The van der Waals surface area contributed by atoms with E-state index >= 15 is 0 Å². The maximum absolute atomic E-state index is 12.2. The van der Waals surface area contributed by atoms with Crippen LogP contribution in [0.2, 0.25) is 0 Å². The Morgan fingerprint density at radius 3 is 2.88 bits per heavy atom. The maximum Gasteiger partial charge on any atom is 0.258 e. The molecule has 3 aromatic heterocycles. The van der Waals surface area contributed by atoms with Crippen LogP contribution in [0.25, 0.3) is 22.6 Å². The Bertz CT molecular complexity index is 985. The highest BCUT2D eigenvalue weighted by Gasteiger charge is 2.14. The van der Waals surface area contributed by atoms with Crippen LogP contribution in [0.4, 0.5) is 5.82 Å². The van der Waals surface area contributed by atoms with Crippen LogP contribution in [0.1, 0.15) is 10.4 Å². The van der Waals surface area contributed by atoms with Gasteiger partial charge in [-0.1, -0.05) is 12.1 Å². The van der Waals surface area contributed by atoms with Gasteiger partial charge >= 0.3 is 0 Å². The van der Waals surface area contributed by atoms with E-state index in [4.69, 9.17) is 0 Å². The monoisotopic (exact) mass is 318 g/mol. The zero-order valence-electron chi connectivity index (χ0n) is 12.9. The Morgan fingerprint density at radius 2 is 2.08 bits per heavy atom. The number of H-pyrrole nitrogens is 1. The predicted octanol–water partition coefficient (Wildman–Crippen LogP) is 2.61. The Balaban J connectivity index is 1.64.